The minimum absolute atomic E-state index is 0.0561. The summed E-state index contributed by atoms with van der Waals surface area (Å²) in [6.45, 7) is 0.291. The van der Waals surface area contributed by atoms with Crippen LogP contribution in [0, 0.1) is 0 Å². The molecule has 12 heteroatoms. The second-order valence-electron chi connectivity index (χ2n) is 7.26. The van der Waals surface area contributed by atoms with Crippen molar-refractivity contribution < 1.29 is 18.0 Å². The maximum atomic E-state index is 13.7. The standard InChI is InChI=1S/C21H19Cl2N5O4S/c22-14-4-3-7-18(20(14)23)33(31,32)28-16-6-2-1-5-15(16)27-21(30)17(28)10-19(29)25-9-8-13-11-24-12-26-13/h1-7,11-12,17H,8-10H2,(H,24,26)(H,25,29)(H,27,30). The molecule has 3 N–H and O–H groups in total. The Balaban J connectivity index is 1.65. The van der Waals surface area contributed by atoms with Gasteiger partial charge in [0.05, 0.1) is 34.2 Å². The lowest BCUT2D eigenvalue weighted by Gasteiger charge is -2.36. The molecule has 172 valence electrons. The zero-order valence-electron chi connectivity index (χ0n) is 17.1. The number of amides is 2. The monoisotopic (exact) mass is 507 g/mol. The number of aromatic nitrogens is 2. The fourth-order valence-electron chi connectivity index (χ4n) is 3.53. The van der Waals surface area contributed by atoms with E-state index in [1.54, 1.807) is 30.5 Å². The summed E-state index contributed by atoms with van der Waals surface area (Å²) in [5.41, 5.74) is 1.36. The minimum Gasteiger partial charge on any atom is -0.356 e. The van der Waals surface area contributed by atoms with Crippen LogP contribution in [0.4, 0.5) is 11.4 Å². The zero-order valence-corrected chi connectivity index (χ0v) is 19.4. The quantitative estimate of drug-likeness (QED) is 0.453. The van der Waals surface area contributed by atoms with Gasteiger partial charge in [-0.1, -0.05) is 41.4 Å². The molecule has 0 spiro atoms. The van der Waals surface area contributed by atoms with Crippen LogP contribution in [0.2, 0.25) is 10.0 Å². The van der Waals surface area contributed by atoms with Crippen LogP contribution in [-0.2, 0) is 26.0 Å². The highest BCUT2D eigenvalue weighted by Crippen LogP contribution is 2.39. The molecule has 0 saturated carbocycles. The second-order valence-corrected chi connectivity index (χ2v) is 9.82. The van der Waals surface area contributed by atoms with Crippen molar-refractivity contribution in [3.05, 3.63) is 70.7 Å². The fourth-order valence-corrected chi connectivity index (χ4v) is 5.90. The third-order valence-corrected chi connectivity index (χ3v) is 7.88. The van der Waals surface area contributed by atoms with E-state index >= 15 is 0 Å². The number of fused-ring (bicyclic) bond motifs is 1. The van der Waals surface area contributed by atoms with E-state index in [0.717, 1.165) is 10.00 Å². The first-order valence-corrected chi connectivity index (χ1v) is 12.1. The predicted molar refractivity (Wildman–Crippen MR) is 125 cm³/mol. The molecule has 0 fully saturated rings. The number of hydrogen-bond acceptors (Lipinski definition) is 5. The highest BCUT2D eigenvalue weighted by Gasteiger charge is 2.42. The molecular weight excluding hydrogens is 489 g/mol. The maximum absolute atomic E-state index is 13.7. The van der Waals surface area contributed by atoms with Gasteiger partial charge < -0.3 is 15.6 Å². The summed E-state index contributed by atoms with van der Waals surface area (Å²) in [6, 6.07) is 9.33. The number of hydrogen-bond donors (Lipinski definition) is 3. The molecule has 1 atom stereocenters. The molecule has 1 unspecified atom stereocenters. The van der Waals surface area contributed by atoms with Crippen LogP contribution in [0.15, 0.2) is 59.9 Å². The number of benzene rings is 2. The van der Waals surface area contributed by atoms with Gasteiger partial charge in [-0.15, -0.1) is 0 Å². The summed E-state index contributed by atoms with van der Waals surface area (Å²) in [7, 11) is -4.35. The molecule has 9 nitrogen and oxygen atoms in total. The molecule has 0 bridgehead atoms. The Kier molecular flexibility index (Phi) is 6.59. The summed E-state index contributed by atoms with van der Waals surface area (Å²) in [5.74, 6) is -1.11. The van der Waals surface area contributed by atoms with Gasteiger partial charge in [0, 0.05) is 24.9 Å². The Bertz CT molecular complexity index is 1300. The highest BCUT2D eigenvalue weighted by molar-refractivity contribution is 7.93. The van der Waals surface area contributed by atoms with Gasteiger partial charge in [0.2, 0.25) is 11.8 Å². The largest absolute Gasteiger partial charge is 0.356 e. The van der Waals surface area contributed by atoms with Gasteiger partial charge in [0.1, 0.15) is 10.9 Å². The fraction of sp³-hybridized carbons (Fsp3) is 0.190. The molecule has 1 aromatic heterocycles. The van der Waals surface area contributed by atoms with Gasteiger partial charge >= 0.3 is 0 Å². The molecule has 2 aromatic carbocycles. The van der Waals surface area contributed by atoms with Gasteiger partial charge in [-0.3, -0.25) is 13.9 Å². The van der Waals surface area contributed by atoms with Crippen molar-refractivity contribution in [1.82, 2.24) is 15.3 Å². The van der Waals surface area contributed by atoms with E-state index in [-0.39, 0.29) is 27.0 Å². The third-order valence-electron chi connectivity index (χ3n) is 5.09. The van der Waals surface area contributed by atoms with Gasteiger partial charge in [-0.25, -0.2) is 13.4 Å². The second kappa shape index (κ2) is 9.42. The van der Waals surface area contributed by atoms with Crippen molar-refractivity contribution in [1.29, 1.82) is 0 Å². The first-order chi connectivity index (χ1) is 15.8. The summed E-state index contributed by atoms with van der Waals surface area (Å²) in [4.78, 5) is 32.1. The molecule has 2 heterocycles. The smallest absolute Gasteiger partial charge is 0.266 e. The lowest BCUT2D eigenvalue weighted by molar-refractivity contribution is -0.125. The van der Waals surface area contributed by atoms with E-state index in [4.69, 9.17) is 23.2 Å². The van der Waals surface area contributed by atoms with E-state index in [1.165, 1.54) is 24.5 Å². The topological polar surface area (TPSA) is 124 Å². The third kappa shape index (κ3) is 4.68. The van der Waals surface area contributed by atoms with Crippen LogP contribution in [0.25, 0.3) is 0 Å². The van der Waals surface area contributed by atoms with Crippen molar-refractivity contribution in [2.24, 2.45) is 0 Å². The van der Waals surface area contributed by atoms with Gasteiger partial charge in [-0.2, -0.15) is 0 Å². The number of sulfonamides is 1. The number of nitrogens with one attached hydrogen (secondary N) is 3. The minimum atomic E-state index is -4.35. The number of imidazole rings is 1. The number of nitrogens with zero attached hydrogens (tertiary/aromatic N) is 2. The molecule has 33 heavy (non-hydrogen) atoms. The van der Waals surface area contributed by atoms with Crippen LogP contribution in [-0.4, -0.2) is 42.8 Å². The molecular formula is C21H19Cl2N5O4S. The Hall–Kier alpha value is -3.08. The summed E-state index contributed by atoms with van der Waals surface area (Å²) < 4.78 is 28.3. The first-order valence-electron chi connectivity index (χ1n) is 9.91. The number of anilines is 2. The summed E-state index contributed by atoms with van der Waals surface area (Å²) >= 11 is 12.2. The normalized spacial score (nSPS) is 15.6. The summed E-state index contributed by atoms with van der Waals surface area (Å²) in [6.07, 6.45) is 3.29. The lowest BCUT2D eigenvalue weighted by atomic mass is 10.1. The number of aromatic amines is 1. The van der Waals surface area contributed by atoms with Gasteiger partial charge in [-0.05, 0) is 24.3 Å². The number of para-hydroxylation sites is 2. The Morgan fingerprint density at radius 3 is 2.70 bits per heavy atom. The lowest BCUT2D eigenvalue weighted by Crippen LogP contribution is -2.52. The molecule has 4 rings (SSSR count). The van der Waals surface area contributed by atoms with Crippen molar-refractivity contribution >= 4 is 56.4 Å². The van der Waals surface area contributed by atoms with Gasteiger partial charge in [0.15, 0.2) is 0 Å². The Morgan fingerprint density at radius 1 is 1.15 bits per heavy atom. The van der Waals surface area contributed by atoms with E-state index < -0.39 is 27.9 Å². The van der Waals surface area contributed by atoms with Crippen molar-refractivity contribution in [2.45, 2.75) is 23.8 Å². The maximum Gasteiger partial charge on any atom is 0.266 e. The molecule has 0 saturated heterocycles. The van der Waals surface area contributed by atoms with Crippen molar-refractivity contribution in [3.63, 3.8) is 0 Å². The highest BCUT2D eigenvalue weighted by atomic mass is 35.5. The summed E-state index contributed by atoms with van der Waals surface area (Å²) in [5, 5.41) is 5.28. The number of halogens is 2. The number of rotatable bonds is 7. The van der Waals surface area contributed by atoms with Crippen LogP contribution in [0.3, 0.4) is 0 Å². The molecule has 0 aliphatic carbocycles. The molecule has 2 amide bonds. The van der Waals surface area contributed by atoms with E-state index in [1.807, 2.05) is 0 Å². The van der Waals surface area contributed by atoms with Crippen molar-refractivity contribution in [3.8, 4) is 0 Å². The van der Waals surface area contributed by atoms with E-state index in [0.29, 0.717) is 18.7 Å². The molecule has 0 radical (unpaired) electrons. The number of carbonyl (C=O) groups is 2. The zero-order chi connectivity index (χ0) is 23.6. The first kappa shape index (κ1) is 23.1. The average molecular weight is 508 g/mol. The van der Waals surface area contributed by atoms with Crippen LogP contribution in [0.1, 0.15) is 12.1 Å². The van der Waals surface area contributed by atoms with E-state index in [9.17, 15) is 18.0 Å². The predicted octanol–water partition coefficient (Wildman–Crippen LogP) is 2.98. The molecule has 1 aliphatic heterocycles. The molecule has 3 aromatic rings. The van der Waals surface area contributed by atoms with Crippen molar-refractivity contribution in [2.75, 3.05) is 16.2 Å². The van der Waals surface area contributed by atoms with Crippen LogP contribution < -0.4 is 14.9 Å². The molecule has 1 aliphatic rings. The SMILES string of the molecule is O=C(CC1C(=O)Nc2ccccc2N1S(=O)(=O)c1cccc(Cl)c1Cl)NCCc1cnc[nH]1. The Morgan fingerprint density at radius 2 is 1.94 bits per heavy atom. The average Bonchev–Trinajstić information content (AvgIpc) is 3.29. The number of carbonyl (C=O) groups excluding carboxylic acids is 2. The van der Waals surface area contributed by atoms with E-state index in [2.05, 4.69) is 20.6 Å². The Labute approximate surface area is 200 Å². The van der Waals surface area contributed by atoms with Crippen LogP contribution >= 0.6 is 23.2 Å². The number of H-pyrrole nitrogens is 1. The van der Waals surface area contributed by atoms with Gasteiger partial charge in [0.25, 0.3) is 10.0 Å². The van der Waals surface area contributed by atoms with Crippen LogP contribution in [0.5, 0.6) is 0 Å².